The van der Waals surface area contributed by atoms with Gasteiger partial charge < -0.3 is 0 Å². The third-order valence-electron chi connectivity index (χ3n) is 1.21. The molecule has 1 aromatic rings. The van der Waals surface area contributed by atoms with Gasteiger partial charge >= 0.3 is 0 Å². The molecule has 2 N–H and O–H groups in total. The molecule has 0 saturated carbocycles. The fourth-order valence-electron chi connectivity index (χ4n) is 0.678. The predicted molar refractivity (Wildman–Crippen MR) is 49.0 cm³/mol. The third kappa shape index (κ3) is 3.33. The fraction of sp³-hybridized carbons (Fsp3) is 0.125. The molecule has 0 aromatic carbocycles. The highest BCUT2D eigenvalue weighted by molar-refractivity contribution is 5.98. The Bertz CT molecular complexity index is 313. The number of H-pyrrole nitrogens is 1. The highest BCUT2D eigenvalue weighted by atomic mass is 16.1. The summed E-state index contributed by atoms with van der Waals surface area (Å²) >= 11 is 0. The van der Waals surface area contributed by atoms with Crippen LogP contribution in [0.2, 0.25) is 0 Å². The molecular weight excluding hydrogens is 168 g/mol. The number of aromatic amines is 1. The average molecular weight is 178 g/mol. The number of rotatable bonds is 3. The molecule has 13 heavy (non-hydrogen) atoms. The van der Waals surface area contributed by atoms with E-state index >= 15 is 0 Å². The van der Waals surface area contributed by atoms with Gasteiger partial charge in [-0.05, 0) is 6.92 Å². The summed E-state index contributed by atoms with van der Waals surface area (Å²) in [4.78, 5) is 14.8. The van der Waals surface area contributed by atoms with E-state index in [2.05, 4.69) is 20.5 Å². The third-order valence-corrected chi connectivity index (χ3v) is 1.21. The number of nitrogens with zero attached hydrogens (tertiary/aromatic N) is 2. The monoisotopic (exact) mass is 178 g/mol. The molecule has 0 saturated heterocycles. The molecule has 1 rings (SSSR count). The van der Waals surface area contributed by atoms with Crippen molar-refractivity contribution in [3.63, 3.8) is 0 Å². The summed E-state index contributed by atoms with van der Waals surface area (Å²) in [6, 6.07) is 0. The van der Waals surface area contributed by atoms with E-state index in [0.717, 1.165) is 0 Å². The number of amides is 1. The maximum Gasteiger partial charge on any atom is 0.250 e. The Hall–Kier alpha value is -1.91. The lowest BCUT2D eigenvalue weighted by atomic mass is 10.4. The highest BCUT2D eigenvalue weighted by Gasteiger charge is 1.97. The Morgan fingerprint density at radius 2 is 2.46 bits per heavy atom. The maximum absolute atomic E-state index is 11.1. The highest BCUT2D eigenvalue weighted by Crippen LogP contribution is 1.92. The lowest BCUT2D eigenvalue weighted by molar-refractivity contribution is -0.111. The molecule has 68 valence electrons. The van der Waals surface area contributed by atoms with Gasteiger partial charge in [-0.3, -0.25) is 10.1 Å². The smallest absolute Gasteiger partial charge is 0.250 e. The molecule has 0 aliphatic carbocycles. The molecule has 5 nitrogen and oxygen atoms in total. The van der Waals surface area contributed by atoms with Gasteiger partial charge in [-0.25, -0.2) is 5.10 Å². The molecule has 1 heterocycles. The summed E-state index contributed by atoms with van der Waals surface area (Å²) in [7, 11) is 0. The molecule has 0 fully saturated rings. The second kappa shape index (κ2) is 4.87. The molecule has 0 aliphatic heterocycles. The van der Waals surface area contributed by atoms with Crippen molar-refractivity contribution in [3.05, 3.63) is 30.6 Å². The van der Waals surface area contributed by atoms with E-state index in [1.807, 2.05) is 13.0 Å². The fourth-order valence-corrected chi connectivity index (χ4v) is 0.678. The van der Waals surface area contributed by atoms with Gasteiger partial charge in [0, 0.05) is 6.08 Å². The largest absolute Gasteiger partial charge is 0.291 e. The quantitative estimate of drug-likeness (QED) is 0.533. The van der Waals surface area contributed by atoms with E-state index in [-0.39, 0.29) is 5.91 Å². The van der Waals surface area contributed by atoms with Gasteiger partial charge in [0.2, 0.25) is 5.95 Å². The first-order valence-electron chi connectivity index (χ1n) is 3.78. The molecule has 0 aliphatic rings. The van der Waals surface area contributed by atoms with Crippen molar-refractivity contribution < 1.29 is 4.79 Å². The van der Waals surface area contributed by atoms with Crippen LogP contribution in [0.25, 0.3) is 0 Å². The normalized spacial score (nSPS) is 11.2. The molecule has 0 unspecified atom stereocenters. The Morgan fingerprint density at radius 1 is 1.62 bits per heavy atom. The van der Waals surface area contributed by atoms with Crippen molar-refractivity contribution in [2.24, 2.45) is 0 Å². The number of allylic oxidation sites excluding steroid dienone is 3. The van der Waals surface area contributed by atoms with Crippen molar-refractivity contribution >= 4 is 11.9 Å². The van der Waals surface area contributed by atoms with Crippen molar-refractivity contribution in [3.8, 4) is 0 Å². The first kappa shape index (κ1) is 9.18. The van der Waals surface area contributed by atoms with Crippen LogP contribution in [0.15, 0.2) is 30.6 Å². The molecule has 0 spiro atoms. The van der Waals surface area contributed by atoms with Crippen LogP contribution in [0.3, 0.4) is 0 Å². The SMILES string of the molecule is CC=CC=CC(=O)Nc1ncn[nH]1. The van der Waals surface area contributed by atoms with E-state index in [0.29, 0.717) is 5.95 Å². The van der Waals surface area contributed by atoms with E-state index < -0.39 is 0 Å². The zero-order valence-electron chi connectivity index (χ0n) is 7.19. The van der Waals surface area contributed by atoms with Crippen molar-refractivity contribution in [2.75, 3.05) is 5.32 Å². The van der Waals surface area contributed by atoms with E-state index in [9.17, 15) is 4.79 Å². The summed E-state index contributed by atoms with van der Waals surface area (Å²) in [5, 5.41) is 8.59. The molecule has 5 heteroatoms. The number of carbonyl (C=O) groups excluding carboxylic acids is 1. The minimum absolute atomic E-state index is 0.241. The Balaban J connectivity index is 2.42. The molecule has 0 atom stereocenters. The zero-order valence-corrected chi connectivity index (χ0v) is 7.19. The van der Waals surface area contributed by atoms with E-state index in [1.165, 1.54) is 12.4 Å². The number of hydrogen-bond donors (Lipinski definition) is 2. The van der Waals surface area contributed by atoms with Crippen LogP contribution in [-0.4, -0.2) is 21.1 Å². The number of anilines is 1. The van der Waals surface area contributed by atoms with Gasteiger partial charge in [-0.2, -0.15) is 10.1 Å². The molecule has 0 bridgehead atoms. The average Bonchev–Trinajstić information content (AvgIpc) is 2.57. The summed E-state index contributed by atoms with van der Waals surface area (Å²) in [5.74, 6) is 0.102. The van der Waals surface area contributed by atoms with Gasteiger partial charge in [0.1, 0.15) is 6.33 Å². The van der Waals surface area contributed by atoms with Crippen LogP contribution < -0.4 is 5.32 Å². The van der Waals surface area contributed by atoms with Crippen LogP contribution in [0.4, 0.5) is 5.95 Å². The first-order chi connectivity index (χ1) is 6.33. The van der Waals surface area contributed by atoms with E-state index in [1.54, 1.807) is 12.2 Å². The molecular formula is C8H10N4O. The second-order valence-electron chi connectivity index (χ2n) is 2.21. The first-order valence-corrected chi connectivity index (χ1v) is 3.78. The summed E-state index contributed by atoms with van der Waals surface area (Å²) in [6.45, 7) is 1.87. The maximum atomic E-state index is 11.1. The molecule has 1 aromatic heterocycles. The minimum atomic E-state index is -0.241. The van der Waals surface area contributed by atoms with Crippen molar-refractivity contribution in [1.82, 2.24) is 15.2 Å². The van der Waals surface area contributed by atoms with Crippen molar-refractivity contribution in [1.29, 1.82) is 0 Å². The van der Waals surface area contributed by atoms with Gasteiger partial charge in [0.15, 0.2) is 0 Å². The van der Waals surface area contributed by atoms with Crippen LogP contribution in [0, 0.1) is 0 Å². The zero-order chi connectivity index (χ0) is 9.52. The van der Waals surface area contributed by atoms with Gasteiger partial charge in [-0.1, -0.05) is 18.2 Å². The molecule has 0 radical (unpaired) electrons. The number of aromatic nitrogens is 3. The Kier molecular flexibility index (Phi) is 3.44. The summed E-state index contributed by atoms with van der Waals surface area (Å²) in [6.07, 6.45) is 7.97. The van der Waals surface area contributed by atoms with Gasteiger partial charge in [0.25, 0.3) is 5.91 Å². The number of carbonyl (C=O) groups is 1. The Labute approximate surface area is 75.6 Å². The van der Waals surface area contributed by atoms with Crippen LogP contribution >= 0.6 is 0 Å². The van der Waals surface area contributed by atoms with Crippen LogP contribution in [0.1, 0.15) is 6.92 Å². The van der Waals surface area contributed by atoms with E-state index in [4.69, 9.17) is 0 Å². The number of hydrogen-bond acceptors (Lipinski definition) is 3. The minimum Gasteiger partial charge on any atom is -0.291 e. The standard InChI is InChI=1S/C8H10N4O/c1-2-3-4-5-7(13)11-8-9-6-10-12-8/h2-6H,1H3,(H2,9,10,11,12,13). The lowest BCUT2D eigenvalue weighted by Gasteiger charge is -1.92. The summed E-state index contributed by atoms with van der Waals surface area (Å²) < 4.78 is 0. The van der Waals surface area contributed by atoms with Crippen molar-refractivity contribution in [2.45, 2.75) is 6.92 Å². The summed E-state index contributed by atoms with van der Waals surface area (Å²) in [5.41, 5.74) is 0. The second-order valence-corrected chi connectivity index (χ2v) is 2.21. The number of nitrogens with one attached hydrogen (secondary N) is 2. The predicted octanol–water partition coefficient (Wildman–Crippen LogP) is 0.875. The Morgan fingerprint density at radius 3 is 3.08 bits per heavy atom. The van der Waals surface area contributed by atoms with Crippen LogP contribution in [0.5, 0.6) is 0 Å². The topological polar surface area (TPSA) is 70.7 Å². The van der Waals surface area contributed by atoms with Gasteiger partial charge in [-0.15, -0.1) is 0 Å². The van der Waals surface area contributed by atoms with Gasteiger partial charge in [0.05, 0.1) is 0 Å². The lowest BCUT2D eigenvalue weighted by Crippen LogP contribution is -2.08. The molecule has 1 amide bonds. The van der Waals surface area contributed by atoms with Crippen LogP contribution in [-0.2, 0) is 4.79 Å².